The van der Waals surface area contributed by atoms with Crippen molar-refractivity contribution >= 4 is 0 Å². The number of unbranched alkanes of at least 4 members (excludes halogenated alkanes) is 1. The highest BCUT2D eigenvalue weighted by atomic mass is 16.5. The number of aliphatic hydroxyl groups is 1. The Morgan fingerprint density at radius 1 is 1.24 bits per heavy atom. The van der Waals surface area contributed by atoms with Gasteiger partial charge in [-0.15, -0.1) is 5.10 Å². The molecule has 0 aliphatic carbocycles. The lowest BCUT2D eigenvalue weighted by molar-refractivity contribution is 0.117. The van der Waals surface area contributed by atoms with Crippen molar-refractivity contribution in [2.75, 3.05) is 13.7 Å². The standard InChI is InChI=1S/C18H27N5O2/c1-3-4-11-23-18(19-20-21-23)17-10-7-15(13-24)22(17)12-14-5-8-16(25-2)9-6-14/h5-6,8-9,15,17,24H,3-4,7,10-13H2,1-2H3/t15-,17-/m0/s1. The number of benzene rings is 1. The van der Waals surface area contributed by atoms with Crippen LogP contribution in [0.3, 0.4) is 0 Å². The van der Waals surface area contributed by atoms with E-state index in [0.717, 1.165) is 50.3 Å². The number of aryl methyl sites for hydroxylation is 1. The number of methoxy groups -OCH3 is 1. The lowest BCUT2D eigenvalue weighted by Gasteiger charge is -2.28. The van der Waals surface area contributed by atoms with Crippen molar-refractivity contribution in [2.24, 2.45) is 0 Å². The van der Waals surface area contributed by atoms with Crippen LogP contribution in [0, 0.1) is 0 Å². The quantitative estimate of drug-likeness (QED) is 0.790. The molecule has 1 fully saturated rings. The number of nitrogens with zero attached hydrogens (tertiary/aromatic N) is 5. The summed E-state index contributed by atoms with van der Waals surface area (Å²) in [5.41, 5.74) is 1.19. The van der Waals surface area contributed by atoms with Gasteiger partial charge in [0.2, 0.25) is 0 Å². The number of aromatic nitrogens is 4. The maximum atomic E-state index is 9.80. The van der Waals surface area contributed by atoms with E-state index in [2.05, 4.69) is 39.5 Å². The van der Waals surface area contributed by atoms with E-state index in [9.17, 15) is 5.11 Å². The van der Waals surface area contributed by atoms with E-state index in [1.54, 1.807) is 7.11 Å². The predicted molar refractivity (Wildman–Crippen MR) is 94.1 cm³/mol. The summed E-state index contributed by atoms with van der Waals surface area (Å²) in [4.78, 5) is 2.33. The average Bonchev–Trinajstić information content (AvgIpc) is 3.26. The summed E-state index contributed by atoms with van der Waals surface area (Å²) in [6.07, 6.45) is 4.09. The van der Waals surface area contributed by atoms with Gasteiger partial charge in [0.15, 0.2) is 5.82 Å². The minimum atomic E-state index is 0.142. The normalized spacial score (nSPS) is 20.9. The van der Waals surface area contributed by atoms with Gasteiger partial charge in [0.05, 0.1) is 19.8 Å². The predicted octanol–water partition coefficient (Wildman–Crippen LogP) is 2.18. The fraction of sp³-hybridized carbons (Fsp3) is 0.611. The van der Waals surface area contributed by atoms with Crippen molar-refractivity contribution in [2.45, 2.75) is 57.8 Å². The summed E-state index contributed by atoms with van der Waals surface area (Å²) < 4.78 is 7.16. The van der Waals surface area contributed by atoms with Crippen LogP contribution in [0.15, 0.2) is 24.3 Å². The Bertz CT molecular complexity index is 658. The molecule has 136 valence electrons. The molecule has 1 aliphatic rings. The molecule has 0 unspecified atom stereocenters. The van der Waals surface area contributed by atoms with Crippen molar-refractivity contribution in [3.63, 3.8) is 0 Å². The van der Waals surface area contributed by atoms with Crippen molar-refractivity contribution in [3.05, 3.63) is 35.7 Å². The fourth-order valence-electron chi connectivity index (χ4n) is 3.51. The second-order valence-corrected chi connectivity index (χ2v) is 6.56. The van der Waals surface area contributed by atoms with Crippen molar-refractivity contribution in [1.29, 1.82) is 0 Å². The highest BCUT2D eigenvalue weighted by Gasteiger charge is 2.36. The minimum Gasteiger partial charge on any atom is -0.497 e. The van der Waals surface area contributed by atoms with Crippen LogP contribution >= 0.6 is 0 Å². The average molecular weight is 345 g/mol. The number of ether oxygens (including phenoxy) is 1. The van der Waals surface area contributed by atoms with E-state index in [-0.39, 0.29) is 18.7 Å². The first-order valence-corrected chi connectivity index (χ1v) is 9.02. The molecule has 1 N–H and O–H groups in total. The lowest BCUT2D eigenvalue weighted by atomic mass is 10.1. The smallest absolute Gasteiger partial charge is 0.168 e. The van der Waals surface area contributed by atoms with Crippen molar-refractivity contribution in [3.8, 4) is 5.75 Å². The van der Waals surface area contributed by atoms with E-state index in [1.165, 1.54) is 5.56 Å². The van der Waals surface area contributed by atoms with Gasteiger partial charge in [-0.25, -0.2) is 4.68 Å². The van der Waals surface area contributed by atoms with Crippen LogP contribution < -0.4 is 4.74 Å². The monoisotopic (exact) mass is 345 g/mol. The first-order valence-electron chi connectivity index (χ1n) is 9.02. The van der Waals surface area contributed by atoms with E-state index < -0.39 is 0 Å². The molecule has 2 atom stereocenters. The lowest BCUT2D eigenvalue weighted by Crippen LogP contribution is -2.34. The van der Waals surface area contributed by atoms with Crippen LogP contribution in [-0.2, 0) is 13.1 Å². The zero-order valence-corrected chi connectivity index (χ0v) is 15.0. The van der Waals surface area contributed by atoms with E-state index in [0.29, 0.717) is 0 Å². The van der Waals surface area contributed by atoms with Gasteiger partial charge in [0, 0.05) is 19.1 Å². The maximum absolute atomic E-state index is 9.80. The summed E-state index contributed by atoms with van der Waals surface area (Å²) in [6.45, 7) is 3.93. The molecule has 1 aliphatic heterocycles. The molecule has 1 aromatic heterocycles. The molecule has 0 bridgehead atoms. The molecule has 7 nitrogen and oxygen atoms in total. The third kappa shape index (κ3) is 3.99. The molecule has 0 radical (unpaired) electrons. The molecular formula is C18H27N5O2. The van der Waals surface area contributed by atoms with E-state index in [1.807, 2.05) is 16.8 Å². The van der Waals surface area contributed by atoms with Crippen LogP contribution in [0.5, 0.6) is 5.75 Å². The topological polar surface area (TPSA) is 76.3 Å². The first-order chi connectivity index (χ1) is 12.3. The SMILES string of the molecule is CCCCn1nnnc1[C@@H]1CC[C@@H](CO)N1Cc1ccc(OC)cc1. The zero-order chi connectivity index (χ0) is 17.6. The zero-order valence-electron chi connectivity index (χ0n) is 15.0. The summed E-state index contributed by atoms with van der Waals surface area (Å²) in [5, 5.41) is 22.2. The Morgan fingerprint density at radius 2 is 2.04 bits per heavy atom. The van der Waals surface area contributed by atoms with Gasteiger partial charge >= 0.3 is 0 Å². The maximum Gasteiger partial charge on any atom is 0.168 e. The highest BCUT2D eigenvalue weighted by molar-refractivity contribution is 5.27. The van der Waals surface area contributed by atoms with Gasteiger partial charge in [-0.3, -0.25) is 4.90 Å². The van der Waals surface area contributed by atoms with Gasteiger partial charge in [-0.1, -0.05) is 25.5 Å². The third-order valence-corrected chi connectivity index (χ3v) is 4.96. The summed E-state index contributed by atoms with van der Waals surface area (Å²) in [5.74, 6) is 1.77. The van der Waals surface area contributed by atoms with Gasteiger partial charge in [-0.2, -0.15) is 0 Å². The van der Waals surface area contributed by atoms with Crippen LogP contribution in [-0.4, -0.2) is 50.0 Å². The summed E-state index contributed by atoms with van der Waals surface area (Å²) >= 11 is 0. The van der Waals surface area contributed by atoms with Crippen LogP contribution in [0.1, 0.15) is 50.0 Å². The Labute approximate surface area is 148 Å². The second-order valence-electron chi connectivity index (χ2n) is 6.56. The molecule has 1 saturated heterocycles. The Balaban J connectivity index is 1.79. The van der Waals surface area contributed by atoms with Gasteiger partial charge < -0.3 is 9.84 Å². The molecule has 0 spiro atoms. The number of hydrogen-bond acceptors (Lipinski definition) is 6. The largest absolute Gasteiger partial charge is 0.497 e. The highest BCUT2D eigenvalue weighted by Crippen LogP contribution is 2.36. The molecular weight excluding hydrogens is 318 g/mol. The van der Waals surface area contributed by atoms with Gasteiger partial charge in [0.25, 0.3) is 0 Å². The Kier molecular flexibility index (Phi) is 5.99. The molecule has 0 amide bonds. The molecule has 1 aromatic carbocycles. The van der Waals surface area contributed by atoms with E-state index >= 15 is 0 Å². The number of rotatable bonds is 8. The van der Waals surface area contributed by atoms with Crippen molar-refractivity contribution in [1.82, 2.24) is 25.1 Å². The van der Waals surface area contributed by atoms with E-state index in [4.69, 9.17) is 4.74 Å². The number of aliphatic hydroxyl groups excluding tert-OH is 1. The first kappa shape index (κ1) is 17.8. The Morgan fingerprint density at radius 3 is 2.72 bits per heavy atom. The molecule has 25 heavy (non-hydrogen) atoms. The van der Waals surface area contributed by atoms with Gasteiger partial charge in [0.1, 0.15) is 5.75 Å². The van der Waals surface area contributed by atoms with Crippen molar-refractivity contribution < 1.29 is 9.84 Å². The van der Waals surface area contributed by atoms with Crippen LogP contribution in [0.4, 0.5) is 0 Å². The van der Waals surface area contributed by atoms with Gasteiger partial charge in [-0.05, 0) is 47.4 Å². The molecule has 3 rings (SSSR count). The molecule has 0 saturated carbocycles. The third-order valence-electron chi connectivity index (χ3n) is 4.96. The number of hydrogen-bond donors (Lipinski definition) is 1. The molecule has 2 aromatic rings. The Hall–Kier alpha value is -1.99. The summed E-state index contributed by atoms with van der Waals surface area (Å²) in [7, 11) is 1.67. The van der Waals surface area contributed by atoms with Crippen LogP contribution in [0.2, 0.25) is 0 Å². The number of likely N-dealkylation sites (tertiary alicyclic amines) is 1. The van der Waals surface area contributed by atoms with Crippen LogP contribution in [0.25, 0.3) is 0 Å². The minimum absolute atomic E-state index is 0.142. The second kappa shape index (κ2) is 8.40. The number of tetrazole rings is 1. The molecule has 7 heteroatoms. The summed E-state index contributed by atoms with van der Waals surface area (Å²) in [6, 6.07) is 8.37. The molecule has 2 heterocycles. The fourth-order valence-corrected chi connectivity index (χ4v) is 3.51.